The molecule has 24 heavy (non-hydrogen) atoms. The van der Waals surface area contributed by atoms with Crippen molar-refractivity contribution in [2.24, 2.45) is 0 Å². The van der Waals surface area contributed by atoms with Gasteiger partial charge in [0, 0.05) is 23.4 Å². The summed E-state index contributed by atoms with van der Waals surface area (Å²) in [6.45, 7) is 0. The number of hydrogen-bond donors (Lipinski definition) is 0. The average molecular weight is 379 g/mol. The number of aromatic nitrogens is 2. The second-order valence-electron chi connectivity index (χ2n) is 4.81. The lowest BCUT2D eigenvalue weighted by Crippen LogP contribution is -1.90. The van der Waals surface area contributed by atoms with Crippen LogP contribution >= 0.6 is 34.7 Å². The van der Waals surface area contributed by atoms with E-state index in [0.717, 1.165) is 38.5 Å². The van der Waals surface area contributed by atoms with E-state index in [2.05, 4.69) is 10.4 Å². The molecule has 2 aromatic heterocycles. The molecule has 3 rings (SSSR count). The molecule has 0 radical (unpaired) electrons. The van der Waals surface area contributed by atoms with Crippen molar-refractivity contribution in [3.63, 3.8) is 0 Å². The third-order valence-electron chi connectivity index (χ3n) is 3.26. The van der Waals surface area contributed by atoms with Crippen LogP contribution in [0, 0.1) is 0 Å². The van der Waals surface area contributed by atoms with E-state index in [1.807, 2.05) is 30.3 Å². The van der Waals surface area contributed by atoms with Gasteiger partial charge in [0.25, 0.3) is 0 Å². The van der Waals surface area contributed by atoms with Crippen molar-refractivity contribution in [1.29, 1.82) is 0 Å². The SMILES string of the molecule is COc1ccc(-c2nc(CSc3ccc(Cl)cn3)cs2)c(OC)c1. The zero-order chi connectivity index (χ0) is 16.9. The molecule has 124 valence electrons. The van der Waals surface area contributed by atoms with Crippen LogP contribution in [0.15, 0.2) is 46.9 Å². The van der Waals surface area contributed by atoms with Gasteiger partial charge in [0.15, 0.2) is 0 Å². The molecule has 0 aliphatic rings. The highest BCUT2D eigenvalue weighted by molar-refractivity contribution is 7.98. The molecule has 0 atom stereocenters. The van der Waals surface area contributed by atoms with E-state index in [0.29, 0.717) is 5.02 Å². The van der Waals surface area contributed by atoms with Crippen LogP contribution in [-0.2, 0) is 5.75 Å². The largest absolute Gasteiger partial charge is 0.497 e. The topological polar surface area (TPSA) is 44.2 Å². The number of benzene rings is 1. The van der Waals surface area contributed by atoms with Gasteiger partial charge in [-0.05, 0) is 24.3 Å². The fourth-order valence-corrected chi connectivity index (χ4v) is 3.87. The van der Waals surface area contributed by atoms with Gasteiger partial charge in [-0.1, -0.05) is 11.6 Å². The number of ether oxygens (including phenoxy) is 2. The van der Waals surface area contributed by atoms with Gasteiger partial charge in [0.2, 0.25) is 0 Å². The van der Waals surface area contributed by atoms with Gasteiger partial charge >= 0.3 is 0 Å². The summed E-state index contributed by atoms with van der Waals surface area (Å²) in [6, 6.07) is 9.49. The second kappa shape index (κ2) is 7.88. The van der Waals surface area contributed by atoms with Crippen molar-refractivity contribution in [2.45, 2.75) is 10.8 Å². The zero-order valence-electron chi connectivity index (χ0n) is 13.2. The number of rotatable bonds is 6. The third-order valence-corrected chi connectivity index (χ3v) is 5.38. The van der Waals surface area contributed by atoms with E-state index in [1.165, 1.54) is 0 Å². The van der Waals surface area contributed by atoms with Gasteiger partial charge in [-0.25, -0.2) is 9.97 Å². The van der Waals surface area contributed by atoms with Crippen molar-refractivity contribution in [2.75, 3.05) is 14.2 Å². The summed E-state index contributed by atoms with van der Waals surface area (Å²) in [4.78, 5) is 8.98. The van der Waals surface area contributed by atoms with E-state index in [4.69, 9.17) is 26.1 Å². The highest BCUT2D eigenvalue weighted by atomic mass is 35.5. The fraction of sp³-hybridized carbons (Fsp3) is 0.176. The predicted molar refractivity (Wildman–Crippen MR) is 99.5 cm³/mol. The molecular weight excluding hydrogens is 364 g/mol. The Kier molecular flexibility index (Phi) is 5.60. The minimum absolute atomic E-state index is 0.641. The minimum atomic E-state index is 0.641. The van der Waals surface area contributed by atoms with Gasteiger partial charge < -0.3 is 9.47 Å². The number of thiazole rings is 1. The standard InChI is InChI=1S/C17H15ClN2O2S2/c1-21-13-4-5-14(15(7-13)22-2)17-20-12(10-24-17)9-23-16-6-3-11(18)8-19-16/h3-8,10H,9H2,1-2H3. The Morgan fingerprint density at radius 2 is 2.04 bits per heavy atom. The Morgan fingerprint density at radius 1 is 1.17 bits per heavy atom. The number of methoxy groups -OCH3 is 2. The maximum absolute atomic E-state index is 5.85. The minimum Gasteiger partial charge on any atom is -0.497 e. The van der Waals surface area contributed by atoms with Crippen molar-refractivity contribution >= 4 is 34.7 Å². The van der Waals surface area contributed by atoms with E-state index in [1.54, 1.807) is 43.5 Å². The first-order chi connectivity index (χ1) is 11.7. The molecule has 0 aliphatic carbocycles. The van der Waals surface area contributed by atoms with Crippen LogP contribution in [-0.4, -0.2) is 24.2 Å². The van der Waals surface area contributed by atoms with Crippen LogP contribution in [0.2, 0.25) is 5.02 Å². The molecule has 7 heteroatoms. The molecule has 0 unspecified atom stereocenters. The molecule has 3 aromatic rings. The average Bonchev–Trinajstić information content (AvgIpc) is 3.09. The van der Waals surface area contributed by atoms with E-state index >= 15 is 0 Å². The quantitative estimate of drug-likeness (QED) is 0.554. The van der Waals surface area contributed by atoms with Gasteiger partial charge in [0.05, 0.1) is 35.5 Å². The summed E-state index contributed by atoms with van der Waals surface area (Å²) in [5.74, 6) is 2.27. The van der Waals surface area contributed by atoms with Crippen molar-refractivity contribution in [3.8, 4) is 22.1 Å². The van der Waals surface area contributed by atoms with Gasteiger partial charge in [-0.15, -0.1) is 23.1 Å². The lowest BCUT2D eigenvalue weighted by molar-refractivity contribution is 0.395. The van der Waals surface area contributed by atoms with Gasteiger partial charge in [0.1, 0.15) is 16.5 Å². The summed E-state index contributed by atoms with van der Waals surface area (Å²) in [5.41, 5.74) is 1.97. The number of hydrogen-bond acceptors (Lipinski definition) is 6. The molecule has 0 bridgehead atoms. The Balaban J connectivity index is 1.74. The molecule has 0 amide bonds. The maximum Gasteiger partial charge on any atom is 0.132 e. The van der Waals surface area contributed by atoms with E-state index < -0.39 is 0 Å². The Labute approximate surface area is 153 Å². The lowest BCUT2D eigenvalue weighted by atomic mass is 10.2. The molecule has 0 spiro atoms. The first-order valence-electron chi connectivity index (χ1n) is 7.10. The van der Waals surface area contributed by atoms with Crippen molar-refractivity contribution in [1.82, 2.24) is 9.97 Å². The molecular formula is C17H15ClN2O2S2. The lowest BCUT2D eigenvalue weighted by Gasteiger charge is -2.08. The predicted octanol–water partition coefficient (Wildman–Crippen LogP) is 5.17. The Bertz CT molecular complexity index is 822. The molecule has 0 saturated carbocycles. The summed E-state index contributed by atoms with van der Waals surface area (Å²) in [5, 5.41) is 4.55. The molecule has 2 heterocycles. The first kappa shape index (κ1) is 17.1. The molecule has 0 saturated heterocycles. The van der Waals surface area contributed by atoms with Crippen molar-refractivity contribution < 1.29 is 9.47 Å². The van der Waals surface area contributed by atoms with Gasteiger partial charge in [-0.2, -0.15) is 0 Å². The highest BCUT2D eigenvalue weighted by Gasteiger charge is 2.12. The highest BCUT2D eigenvalue weighted by Crippen LogP contribution is 2.35. The number of thioether (sulfide) groups is 1. The summed E-state index contributed by atoms with van der Waals surface area (Å²) in [7, 11) is 3.28. The van der Waals surface area contributed by atoms with Crippen molar-refractivity contribution in [3.05, 3.63) is 52.6 Å². The fourth-order valence-electron chi connectivity index (χ4n) is 2.07. The van der Waals surface area contributed by atoms with Gasteiger partial charge in [-0.3, -0.25) is 0 Å². The van der Waals surface area contributed by atoms with Crippen LogP contribution < -0.4 is 9.47 Å². The first-order valence-corrected chi connectivity index (χ1v) is 9.35. The second-order valence-corrected chi connectivity index (χ2v) is 7.10. The molecule has 0 aliphatic heterocycles. The molecule has 0 N–H and O–H groups in total. The molecule has 4 nitrogen and oxygen atoms in total. The number of halogens is 1. The monoisotopic (exact) mass is 378 g/mol. The maximum atomic E-state index is 5.85. The molecule has 1 aromatic carbocycles. The van der Waals surface area contributed by atoms with E-state index in [9.17, 15) is 0 Å². The van der Waals surface area contributed by atoms with E-state index in [-0.39, 0.29) is 0 Å². The van der Waals surface area contributed by atoms with Crippen LogP contribution in [0.5, 0.6) is 11.5 Å². The van der Waals surface area contributed by atoms with Crippen LogP contribution in [0.25, 0.3) is 10.6 Å². The normalized spacial score (nSPS) is 10.6. The van der Waals surface area contributed by atoms with Crippen LogP contribution in [0.4, 0.5) is 0 Å². The smallest absolute Gasteiger partial charge is 0.132 e. The molecule has 0 fully saturated rings. The van der Waals surface area contributed by atoms with Crippen LogP contribution in [0.3, 0.4) is 0 Å². The third kappa shape index (κ3) is 4.01. The summed E-state index contributed by atoms with van der Waals surface area (Å²) >= 11 is 9.07. The Morgan fingerprint density at radius 3 is 2.75 bits per heavy atom. The zero-order valence-corrected chi connectivity index (χ0v) is 15.5. The van der Waals surface area contributed by atoms with Crippen LogP contribution in [0.1, 0.15) is 5.69 Å². The summed E-state index contributed by atoms with van der Waals surface area (Å²) < 4.78 is 10.7. The Hall–Kier alpha value is -1.76. The number of nitrogens with zero attached hydrogens (tertiary/aromatic N) is 2. The summed E-state index contributed by atoms with van der Waals surface area (Å²) in [6.07, 6.45) is 1.65. The number of pyridine rings is 1.